The van der Waals surface area contributed by atoms with E-state index in [1.165, 1.54) is 4.88 Å². The van der Waals surface area contributed by atoms with Gasteiger partial charge >= 0.3 is 0 Å². The first-order chi connectivity index (χ1) is 9.56. The van der Waals surface area contributed by atoms with Gasteiger partial charge in [-0.2, -0.15) is 0 Å². The summed E-state index contributed by atoms with van der Waals surface area (Å²) in [6.07, 6.45) is -0.0228. The number of rotatable bonds is 6. The van der Waals surface area contributed by atoms with Gasteiger partial charge in [0, 0.05) is 11.5 Å². The number of nitrogens with one attached hydrogen (secondary N) is 1. The Labute approximate surface area is 125 Å². The van der Waals surface area contributed by atoms with Gasteiger partial charge in [0.25, 0.3) is 0 Å². The first kappa shape index (κ1) is 15.5. The molecule has 1 saturated heterocycles. The molecule has 0 spiro atoms. The number of carbonyl (C=O) groups is 1. The smallest absolute Gasteiger partial charge is 0.241 e. The van der Waals surface area contributed by atoms with Gasteiger partial charge in [0.2, 0.25) is 5.91 Å². The molecule has 1 aliphatic rings. The Morgan fingerprint density at radius 1 is 1.45 bits per heavy atom. The Hall–Kier alpha value is -0.910. The maximum atomic E-state index is 12.7. The highest BCUT2D eigenvalue weighted by Gasteiger charge is 2.43. The first-order valence-electron chi connectivity index (χ1n) is 7.25. The SMILES string of the molecule is CCOCC(C)N1C(=O)C(C(C)C)NC1c1cccs1. The van der Waals surface area contributed by atoms with Crippen molar-refractivity contribution >= 4 is 17.2 Å². The molecular weight excluding hydrogens is 272 g/mol. The number of carbonyl (C=O) groups excluding carboxylic acids is 1. The summed E-state index contributed by atoms with van der Waals surface area (Å²) in [7, 11) is 0. The van der Waals surface area contributed by atoms with Gasteiger partial charge < -0.3 is 9.64 Å². The minimum atomic E-state index is -0.105. The van der Waals surface area contributed by atoms with Crippen LogP contribution in [0.2, 0.25) is 0 Å². The number of hydrogen-bond acceptors (Lipinski definition) is 4. The molecule has 0 aliphatic carbocycles. The van der Waals surface area contributed by atoms with Gasteiger partial charge in [0.15, 0.2) is 0 Å². The second-order valence-electron chi connectivity index (χ2n) is 5.56. The molecule has 1 N–H and O–H groups in total. The van der Waals surface area contributed by atoms with Crippen LogP contribution in [0.4, 0.5) is 0 Å². The van der Waals surface area contributed by atoms with E-state index in [2.05, 4.69) is 37.5 Å². The zero-order valence-corrected chi connectivity index (χ0v) is 13.4. The zero-order chi connectivity index (χ0) is 14.7. The Kier molecular flexibility index (Phi) is 5.18. The van der Waals surface area contributed by atoms with Gasteiger partial charge in [-0.25, -0.2) is 0 Å². The molecule has 4 nitrogen and oxygen atoms in total. The lowest BCUT2D eigenvalue weighted by Gasteiger charge is -2.29. The van der Waals surface area contributed by atoms with Crippen molar-refractivity contribution in [1.82, 2.24) is 10.2 Å². The predicted octanol–water partition coefficient (Wildman–Crippen LogP) is 2.63. The summed E-state index contributed by atoms with van der Waals surface area (Å²) in [6.45, 7) is 9.45. The standard InChI is InChI=1S/C15H24N2O2S/c1-5-19-9-11(4)17-14(12-7-6-8-20-12)16-13(10(2)3)15(17)18/h6-8,10-11,13-14,16H,5,9H2,1-4H3. The molecule has 20 heavy (non-hydrogen) atoms. The molecule has 3 atom stereocenters. The largest absolute Gasteiger partial charge is 0.380 e. The van der Waals surface area contributed by atoms with Crippen LogP contribution in [-0.4, -0.2) is 36.1 Å². The lowest BCUT2D eigenvalue weighted by molar-refractivity contribution is -0.134. The van der Waals surface area contributed by atoms with Crippen LogP contribution < -0.4 is 5.32 Å². The third kappa shape index (κ3) is 3.05. The third-order valence-corrected chi connectivity index (χ3v) is 4.58. The van der Waals surface area contributed by atoms with Gasteiger partial charge in [0.1, 0.15) is 6.17 Å². The van der Waals surface area contributed by atoms with E-state index in [1.807, 2.05) is 17.9 Å². The van der Waals surface area contributed by atoms with E-state index in [1.54, 1.807) is 11.3 Å². The zero-order valence-electron chi connectivity index (χ0n) is 12.6. The third-order valence-electron chi connectivity index (χ3n) is 3.65. The monoisotopic (exact) mass is 296 g/mol. The molecule has 112 valence electrons. The summed E-state index contributed by atoms with van der Waals surface area (Å²) in [5.41, 5.74) is 0. The molecule has 2 heterocycles. The number of thiophene rings is 1. The first-order valence-corrected chi connectivity index (χ1v) is 8.13. The van der Waals surface area contributed by atoms with Crippen molar-refractivity contribution in [2.24, 2.45) is 5.92 Å². The van der Waals surface area contributed by atoms with E-state index in [9.17, 15) is 4.79 Å². The van der Waals surface area contributed by atoms with Crippen LogP contribution in [0.3, 0.4) is 0 Å². The van der Waals surface area contributed by atoms with Gasteiger partial charge in [-0.15, -0.1) is 11.3 Å². The Morgan fingerprint density at radius 2 is 2.20 bits per heavy atom. The molecule has 1 aromatic rings. The van der Waals surface area contributed by atoms with Crippen molar-refractivity contribution < 1.29 is 9.53 Å². The van der Waals surface area contributed by atoms with Crippen LogP contribution in [0.25, 0.3) is 0 Å². The van der Waals surface area contributed by atoms with Gasteiger partial charge in [0.05, 0.1) is 18.7 Å². The van der Waals surface area contributed by atoms with E-state index in [0.29, 0.717) is 13.2 Å². The van der Waals surface area contributed by atoms with Crippen molar-refractivity contribution in [3.05, 3.63) is 22.4 Å². The molecule has 1 aliphatic heterocycles. The van der Waals surface area contributed by atoms with Gasteiger partial charge in [-0.1, -0.05) is 19.9 Å². The normalized spacial score (nSPS) is 24.6. The van der Waals surface area contributed by atoms with Crippen molar-refractivity contribution in [2.75, 3.05) is 13.2 Å². The molecule has 0 aromatic carbocycles. The van der Waals surface area contributed by atoms with Crippen LogP contribution in [0, 0.1) is 5.92 Å². The van der Waals surface area contributed by atoms with Crippen molar-refractivity contribution in [3.63, 3.8) is 0 Å². The van der Waals surface area contributed by atoms with E-state index in [0.717, 1.165) is 0 Å². The molecule has 1 amide bonds. The van der Waals surface area contributed by atoms with Crippen molar-refractivity contribution in [2.45, 2.75) is 45.9 Å². The van der Waals surface area contributed by atoms with Crippen molar-refractivity contribution in [1.29, 1.82) is 0 Å². The fourth-order valence-electron chi connectivity index (χ4n) is 2.59. The number of nitrogens with zero attached hydrogens (tertiary/aromatic N) is 1. The van der Waals surface area contributed by atoms with E-state index < -0.39 is 0 Å². The molecule has 0 radical (unpaired) electrons. The average molecular weight is 296 g/mol. The highest BCUT2D eigenvalue weighted by molar-refractivity contribution is 7.10. The summed E-state index contributed by atoms with van der Waals surface area (Å²) in [5, 5.41) is 5.53. The van der Waals surface area contributed by atoms with Crippen LogP contribution in [0.5, 0.6) is 0 Å². The number of hydrogen-bond donors (Lipinski definition) is 1. The van der Waals surface area contributed by atoms with Crippen molar-refractivity contribution in [3.8, 4) is 0 Å². The molecular formula is C15H24N2O2S. The molecule has 0 bridgehead atoms. The fraction of sp³-hybridized carbons (Fsp3) is 0.667. The average Bonchev–Trinajstić information content (AvgIpc) is 3.02. The summed E-state index contributed by atoms with van der Waals surface area (Å²) >= 11 is 1.68. The second-order valence-corrected chi connectivity index (χ2v) is 6.54. The molecule has 1 aromatic heterocycles. The Bertz CT molecular complexity index is 433. The number of amides is 1. The minimum absolute atomic E-state index is 0.0228. The maximum absolute atomic E-state index is 12.7. The van der Waals surface area contributed by atoms with Crippen LogP contribution >= 0.6 is 11.3 Å². The summed E-state index contributed by atoms with van der Waals surface area (Å²) < 4.78 is 5.50. The lowest BCUT2D eigenvalue weighted by atomic mass is 10.0. The van der Waals surface area contributed by atoms with E-state index in [4.69, 9.17) is 4.74 Å². The van der Waals surface area contributed by atoms with E-state index >= 15 is 0 Å². The van der Waals surface area contributed by atoms with Crippen LogP contribution in [0.1, 0.15) is 38.7 Å². The van der Waals surface area contributed by atoms with Crippen LogP contribution in [0.15, 0.2) is 17.5 Å². The molecule has 1 fully saturated rings. The Morgan fingerprint density at radius 3 is 2.75 bits per heavy atom. The molecule has 2 rings (SSSR count). The fourth-order valence-corrected chi connectivity index (χ4v) is 3.38. The maximum Gasteiger partial charge on any atom is 0.241 e. The summed E-state index contributed by atoms with van der Waals surface area (Å²) in [5.74, 6) is 0.472. The lowest BCUT2D eigenvalue weighted by Crippen LogP contribution is -2.41. The number of ether oxygens (including phenoxy) is 1. The molecule has 0 saturated carbocycles. The van der Waals surface area contributed by atoms with E-state index in [-0.39, 0.29) is 30.1 Å². The molecule has 3 unspecified atom stereocenters. The summed E-state index contributed by atoms with van der Waals surface area (Å²) in [6, 6.07) is 4.08. The Balaban J connectivity index is 2.21. The summed E-state index contributed by atoms with van der Waals surface area (Å²) in [4.78, 5) is 15.8. The highest BCUT2D eigenvalue weighted by atomic mass is 32.1. The van der Waals surface area contributed by atoms with Gasteiger partial charge in [-0.05, 0) is 31.2 Å². The predicted molar refractivity (Wildman–Crippen MR) is 81.6 cm³/mol. The van der Waals surface area contributed by atoms with Crippen LogP contribution in [-0.2, 0) is 9.53 Å². The molecule has 5 heteroatoms. The minimum Gasteiger partial charge on any atom is -0.380 e. The second kappa shape index (κ2) is 6.70. The quantitative estimate of drug-likeness (QED) is 0.877. The van der Waals surface area contributed by atoms with Gasteiger partial charge in [-0.3, -0.25) is 10.1 Å². The topological polar surface area (TPSA) is 41.6 Å². The highest BCUT2D eigenvalue weighted by Crippen LogP contribution is 2.32.